The number of thiophene rings is 1. The Kier molecular flexibility index (Phi) is 5.01. The van der Waals surface area contributed by atoms with Gasteiger partial charge in [0.1, 0.15) is 5.82 Å². The van der Waals surface area contributed by atoms with Crippen LogP contribution in [0.4, 0.5) is 10.1 Å². The van der Waals surface area contributed by atoms with E-state index in [9.17, 15) is 14.0 Å². The molecule has 4 nitrogen and oxygen atoms in total. The number of fused-ring (bicyclic) bond motifs is 1. The Balaban J connectivity index is 1.69. The third-order valence-corrected chi connectivity index (χ3v) is 4.85. The summed E-state index contributed by atoms with van der Waals surface area (Å²) < 4.78 is 14.5. The zero-order chi connectivity index (χ0) is 18.7. The molecule has 0 atom stereocenters. The highest BCUT2D eigenvalue weighted by molar-refractivity contribution is 7.20. The Morgan fingerprint density at radius 2 is 2.00 bits per heavy atom. The number of rotatable bonds is 4. The number of anilines is 1. The number of carbonyl (C=O) groups excluding carboxylic acids is 2. The van der Waals surface area contributed by atoms with Crippen molar-refractivity contribution in [3.05, 3.63) is 64.8 Å². The topological polar surface area (TPSA) is 49.4 Å². The van der Waals surface area contributed by atoms with Gasteiger partial charge < -0.3 is 10.2 Å². The maximum Gasteiger partial charge on any atom is 0.264 e. The summed E-state index contributed by atoms with van der Waals surface area (Å²) in [6.45, 7) is -0.129. The predicted octanol–water partition coefficient (Wildman–Crippen LogP) is 3.73. The quantitative estimate of drug-likeness (QED) is 0.715. The minimum Gasteiger partial charge on any atom is -0.332 e. The molecule has 1 heterocycles. The molecule has 0 spiro atoms. The number of carbonyl (C=O) groups is 2. The summed E-state index contributed by atoms with van der Waals surface area (Å²) in [7, 11) is 1.53. The van der Waals surface area contributed by atoms with E-state index >= 15 is 0 Å². The number of likely N-dealkylation sites (N-methyl/N-ethyl adjacent to an activating group) is 1. The number of hydrogen-bond acceptors (Lipinski definition) is 3. The van der Waals surface area contributed by atoms with E-state index in [1.54, 1.807) is 36.4 Å². The smallest absolute Gasteiger partial charge is 0.264 e. The molecular weight excluding hydrogens is 351 g/mol. The molecule has 2 amide bonds. The van der Waals surface area contributed by atoms with E-state index in [4.69, 9.17) is 6.42 Å². The van der Waals surface area contributed by atoms with Gasteiger partial charge in [-0.2, -0.15) is 0 Å². The van der Waals surface area contributed by atoms with Crippen molar-refractivity contribution in [3.63, 3.8) is 0 Å². The van der Waals surface area contributed by atoms with Crippen LogP contribution in [0.2, 0.25) is 0 Å². The second-order valence-electron chi connectivity index (χ2n) is 5.70. The van der Waals surface area contributed by atoms with Crippen molar-refractivity contribution in [2.24, 2.45) is 0 Å². The van der Waals surface area contributed by atoms with Crippen LogP contribution in [-0.4, -0.2) is 30.3 Å². The first kappa shape index (κ1) is 17.6. The fourth-order valence-corrected chi connectivity index (χ4v) is 3.56. The molecule has 0 unspecified atom stereocenters. The minimum absolute atomic E-state index is 0.129. The summed E-state index contributed by atoms with van der Waals surface area (Å²) >= 11 is 1.20. The summed E-state index contributed by atoms with van der Waals surface area (Å²) in [5.74, 6) is 1.44. The lowest BCUT2D eigenvalue weighted by molar-refractivity contribution is -0.116. The molecule has 3 rings (SSSR count). The lowest BCUT2D eigenvalue weighted by Crippen LogP contribution is -2.34. The highest BCUT2D eigenvalue weighted by Gasteiger charge is 2.18. The average molecular weight is 366 g/mol. The van der Waals surface area contributed by atoms with Crippen LogP contribution in [0.15, 0.2) is 48.5 Å². The maximum absolute atomic E-state index is 13.8. The molecule has 6 heteroatoms. The third kappa shape index (κ3) is 3.73. The third-order valence-electron chi connectivity index (χ3n) is 3.76. The van der Waals surface area contributed by atoms with Crippen molar-refractivity contribution in [1.29, 1.82) is 0 Å². The van der Waals surface area contributed by atoms with Crippen LogP contribution in [0.3, 0.4) is 0 Å². The van der Waals surface area contributed by atoms with Gasteiger partial charge in [-0.15, -0.1) is 17.8 Å². The zero-order valence-electron chi connectivity index (χ0n) is 14.0. The number of amides is 2. The van der Waals surface area contributed by atoms with Crippen molar-refractivity contribution >= 4 is 38.9 Å². The molecule has 0 bridgehead atoms. The molecule has 1 N–H and O–H groups in total. The monoisotopic (exact) mass is 366 g/mol. The zero-order valence-corrected chi connectivity index (χ0v) is 14.8. The molecule has 0 radical (unpaired) electrons. The van der Waals surface area contributed by atoms with Crippen LogP contribution in [0.25, 0.3) is 10.1 Å². The number of benzene rings is 2. The van der Waals surface area contributed by atoms with Gasteiger partial charge in [-0.25, -0.2) is 4.39 Å². The first-order chi connectivity index (χ1) is 12.5. The van der Waals surface area contributed by atoms with E-state index in [0.717, 1.165) is 0 Å². The molecule has 0 aliphatic heterocycles. The van der Waals surface area contributed by atoms with Gasteiger partial charge >= 0.3 is 0 Å². The van der Waals surface area contributed by atoms with Crippen molar-refractivity contribution in [1.82, 2.24) is 4.90 Å². The maximum atomic E-state index is 13.8. The van der Waals surface area contributed by atoms with Crippen LogP contribution < -0.4 is 5.32 Å². The molecule has 26 heavy (non-hydrogen) atoms. The summed E-state index contributed by atoms with van der Waals surface area (Å²) in [6, 6.07) is 13.1. The van der Waals surface area contributed by atoms with Crippen molar-refractivity contribution < 1.29 is 14.0 Å². The standard InChI is InChI=1S/C20H15FN2O2S/c1-3-13-6-4-7-14(10-13)22-19(24)12-23(2)20(25)18-11-15-16(21)8-5-9-17(15)26-18/h1,4-11H,12H2,2H3,(H,22,24). The van der Waals surface area contributed by atoms with Crippen LogP contribution in [0.5, 0.6) is 0 Å². The molecule has 0 saturated carbocycles. The highest BCUT2D eigenvalue weighted by Crippen LogP contribution is 2.28. The Morgan fingerprint density at radius 3 is 2.73 bits per heavy atom. The van der Waals surface area contributed by atoms with E-state index < -0.39 is 0 Å². The van der Waals surface area contributed by atoms with Gasteiger partial charge in [-0.1, -0.05) is 18.1 Å². The predicted molar refractivity (Wildman–Crippen MR) is 102 cm³/mol. The van der Waals surface area contributed by atoms with Gasteiger partial charge in [0.05, 0.1) is 11.4 Å². The van der Waals surface area contributed by atoms with E-state index in [0.29, 0.717) is 26.2 Å². The average Bonchev–Trinajstić information content (AvgIpc) is 3.06. The second-order valence-corrected chi connectivity index (χ2v) is 6.78. The van der Waals surface area contributed by atoms with Gasteiger partial charge in [0.15, 0.2) is 0 Å². The SMILES string of the molecule is C#Cc1cccc(NC(=O)CN(C)C(=O)c2cc3c(F)cccc3s2)c1. The summed E-state index contributed by atoms with van der Waals surface area (Å²) in [5, 5.41) is 3.11. The first-order valence-corrected chi connectivity index (χ1v) is 8.59. The largest absolute Gasteiger partial charge is 0.332 e. The Hall–Kier alpha value is -3.17. The van der Waals surface area contributed by atoms with Crippen LogP contribution in [0, 0.1) is 18.2 Å². The summed E-state index contributed by atoms with van der Waals surface area (Å²) in [4.78, 5) is 26.4. The Labute approximate surface area is 154 Å². The van der Waals surface area contributed by atoms with Crippen LogP contribution in [0.1, 0.15) is 15.2 Å². The summed E-state index contributed by atoms with van der Waals surface area (Å²) in [5.41, 5.74) is 1.22. The molecule has 1 aromatic heterocycles. The van der Waals surface area contributed by atoms with Crippen molar-refractivity contribution in [3.8, 4) is 12.3 Å². The molecule has 0 aliphatic rings. The highest BCUT2D eigenvalue weighted by atomic mass is 32.1. The normalized spacial score (nSPS) is 10.3. The van der Waals surface area contributed by atoms with Gasteiger partial charge in [0, 0.05) is 28.4 Å². The molecule has 0 fully saturated rings. The summed E-state index contributed by atoms with van der Waals surface area (Å²) in [6.07, 6.45) is 5.34. The Bertz CT molecular complexity index is 1040. The van der Waals surface area contributed by atoms with E-state index in [1.807, 2.05) is 0 Å². The lowest BCUT2D eigenvalue weighted by atomic mass is 10.2. The lowest BCUT2D eigenvalue weighted by Gasteiger charge is -2.16. The van der Waals surface area contributed by atoms with Crippen LogP contribution >= 0.6 is 11.3 Å². The molecular formula is C20H15FN2O2S. The van der Waals surface area contributed by atoms with Gasteiger partial charge in [-0.3, -0.25) is 9.59 Å². The van der Waals surface area contributed by atoms with E-state index in [1.165, 1.54) is 35.4 Å². The van der Waals surface area contributed by atoms with Gasteiger partial charge in [0.2, 0.25) is 5.91 Å². The Morgan fingerprint density at radius 1 is 1.23 bits per heavy atom. The van der Waals surface area contributed by atoms with Crippen molar-refractivity contribution in [2.75, 3.05) is 18.9 Å². The second kappa shape index (κ2) is 7.38. The van der Waals surface area contributed by atoms with Crippen LogP contribution in [-0.2, 0) is 4.79 Å². The van der Waals surface area contributed by atoms with Gasteiger partial charge in [0.25, 0.3) is 5.91 Å². The van der Waals surface area contributed by atoms with Crippen molar-refractivity contribution in [2.45, 2.75) is 0 Å². The van der Waals surface area contributed by atoms with E-state index in [-0.39, 0.29) is 24.2 Å². The molecule has 0 aliphatic carbocycles. The van der Waals surface area contributed by atoms with Gasteiger partial charge in [-0.05, 0) is 36.4 Å². The molecule has 0 saturated heterocycles. The fourth-order valence-electron chi connectivity index (χ4n) is 2.49. The fraction of sp³-hybridized carbons (Fsp3) is 0.100. The number of hydrogen-bond donors (Lipinski definition) is 1. The molecule has 3 aromatic rings. The minimum atomic E-state index is -0.369. The number of terminal acetylenes is 1. The van der Waals surface area contributed by atoms with E-state index in [2.05, 4.69) is 11.2 Å². The first-order valence-electron chi connectivity index (χ1n) is 7.78. The number of nitrogens with one attached hydrogen (secondary N) is 1. The number of nitrogens with zero attached hydrogens (tertiary/aromatic N) is 1. The number of halogens is 1. The molecule has 130 valence electrons. The molecule has 2 aromatic carbocycles.